The van der Waals surface area contributed by atoms with Gasteiger partial charge in [0.25, 0.3) is 0 Å². The van der Waals surface area contributed by atoms with E-state index < -0.39 is 0 Å². The molecule has 152 valence electrons. The molecule has 0 radical (unpaired) electrons. The van der Waals surface area contributed by atoms with Crippen molar-refractivity contribution in [2.75, 3.05) is 13.7 Å². The van der Waals surface area contributed by atoms with E-state index >= 15 is 0 Å². The van der Waals surface area contributed by atoms with E-state index in [1.54, 1.807) is 13.1 Å². The van der Waals surface area contributed by atoms with Gasteiger partial charge in [-0.2, -0.15) is 0 Å². The lowest BCUT2D eigenvalue weighted by atomic mass is 10.1. The predicted molar refractivity (Wildman–Crippen MR) is 121 cm³/mol. The number of hydrogen-bond donors (Lipinski definition) is 2. The van der Waals surface area contributed by atoms with Crippen molar-refractivity contribution in [3.05, 3.63) is 59.2 Å². The first-order valence-electron chi connectivity index (χ1n) is 9.37. The summed E-state index contributed by atoms with van der Waals surface area (Å²) in [4.78, 5) is 8.70. The van der Waals surface area contributed by atoms with Gasteiger partial charge in [0.05, 0.1) is 24.9 Å². The van der Waals surface area contributed by atoms with Gasteiger partial charge in [-0.3, -0.25) is 9.98 Å². The van der Waals surface area contributed by atoms with Crippen LogP contribution in [0.15, 0.2) is 41.4 Å². The first-order valence-corrected chi connectivity index (χ1v) is 9.37. The van der Waals surface area contributed by atoms with Gasteiger partial charge in [0, 0.05) is 12.7 Å². The average molecular weight is 498 g/mol. The summed E-state index contributed by atoms with van der Waals surface area (Å²) in [7, 11) is 1.71. The van der Waals surface area contributed by atoms with E-state index in [1.807, 2.05) is 38.1 Å². The quantitative estimate of drug-likeness (QED) is 0.339. The van der Waals surface area contributed by atoms with Gasteiger partial charge >= 0.3 is 0 Å². The van der Waals surface area contributed by atoms with Crippen molar-refractivity contribution in [1.29, 1.82) is 0 Å². The maximum Gasteiger partial charge on any atom is 0.191 e. The zero-order valence-electron chi connectivity index (χ0n) is 16.5. The van der Waals surface area contributed by atoms with Crippen molar-refractivity contribution < 1.29 is 9.13 Å². The van der Waals surface area contributed by atoms with Crippen LogP contribution in [0.3, 0.4) is 0 Å². The highest BCUT2D eigenvalue weighted by Gasteiger charge is 2.22. The fourth-order valence-corrected chi connectivity index (χ4v) is 2.75. The van der Waals surface area contributed by atoms with Gasteiger partial charge in [-0.1, -0.05) is 12.1 Å². The van der Waals surface area contributed by atoms with Gasteiger partial charge < -0.3 is 15.4 Å². The molecule has 3 rings (SSSR count). The summed E-state index contributed by atoms with van der Waals surface area (Å²) in [5.74, 6) is 1.24. The predicted octanol–water partition coefficient (Wildman–Crippen LogP) is 4.36. The number of ether oxygens (including phenoxy) is 1. The SMILES string of the molecule is CN=C(NCc1cccc(C)n1)NC(C)c1ccc(OCC2CC2)c(F)c1.I. The summed E-state index contributed by atoms with van der Waals surface area (Å²) in [5.41, 5.74) is 2.75. The molecule has 0 spiro atoms. The molecule has 1 unspecified atom stereocenters. The summed E-state index contributed by atoms with van der Waals surface area (Å²) in [6.07, 6.45) is 2.37. The summed E-state index contributed by atoms with van der Waals surface area (Å²) in [5, 5.41) is 6.52. The fraction of sp³-hybridized carbons (Fsp3) is 0.429. The normalized spacial score (nSPS) is 14.8. The van der Waals surface area contributed by atoms with E-state index in [2.05, 4.69) is 20.6 Å². The van der Waals surface area contributed by atoms with Crippen LogP contribution < -0.4 is 15.4 Å². The Balaban J connectivity index is 0.00000280. The zero-order valence-corrected chi connectivity index (χ0v) is 18.9. The van der Waals surface area contributed by atoms with Crippen LogP contribution in [0.5, 0.6) is 5.75 Å². The second-order valence-electron chi connectivity index (χ2n) is 7.01. The molecule has 5 nitrogen and oxygen atoms in total. The van der Waals surface area contributed by atoms with Gasteiger partial charge in [-0.05, 0) is 62.4 Å². The van der Waals surface area contributed by atoms with Crippen molar-refractivity contribution in [1.82, 2.24) is 15.6 Å². The molecule has 1 atom stereocenters. The van der Waals surface area contributed by atoms with Crippen molar-refractivity contribution in [3.8, 4) is 5.75 Å². The van der Waals surface area contributed by atoms with Crippen LogP contribution in [0.2, 0.25) is 0 Å². The zero-order chi connectivity index (χ0) is 19.2. The van der Waals surface area contributed by atoms with Crippen LogP contribution in [-0.2, 0) is 6.54 Å². The van der Waals surface area contributed by atoms with Crippen molar-refractivity contribution in [2.24, 2.45) is 10.9 Å². The Hall–Kier alpha value is -1.90. The number of benzene rings is 1. The Kier molecular flexibility index (Phi) is 8.47. The molecule has 1 aliphatic carbocycles. The molecule has 1 aliphatic rings. The maximum atomic E-state index is 14.3. The smallest absolute Gasteiger partial charge is 0.191 e. The molecule has 2 aromatic rings. The standard InChI is InChI=1S/C21H27FN4O.HI/c1-14-5-4-6-18(25-14)12-24-21(23-3)26-15(2)17-9-10-20(19(22)11-17)27-13-16-7-8-16;/h4-6,9-11,15-16H,7-8,12-13H2,1-3H3,(H2,23,24,26);1H. The molecule has 0 amide bonds. The lowest BCUT2D eigenvalue weighted by Crippen LogP contribution is -2.38. The molecular formula is C21H28FIN4O. The van der Waals surface area contributed by atoms with E-state index in [0.29, 0.717) is 30.8 Å². The average Bonchev–Trinajstić information content (AvgIpc) is 3.48. The number of aromatic nitrogens is 1. The lowest BCUT2D eigenvalue weighted by molar-refractivity contribution is 0.285. The number of aryl methyl sites for hydroxylation is 1. The molecule has 0 bridgehead atoms. The molecule has 1 heterocycles. The third-order valence-corrected chi connectivity index (χ3v) is 4.59. The van der Waals surface area contributed by atoms with Gasteiger partial charge in [0.1, 0.15) is 0 Å². The van der Waals surface area contributed by atoms with Crippen LogP contribution in [-0.4, -0.2) is 24.6 Å². The molecule has 0 saturated heterocycles. The summed E-state index contributed by atoms with van der Waals surface area (Å²) < 4.78 is 19.9. The number of guanidine groups is 1. The molecule has 1 aromatic carbocycles. The van der Waals surface area contributed by atoms with Gasteiger partial charge in [-0.25, -0.2) is 4.39 Å². The third kappa shape index (κ3) is 6.61. The second-order valence-corrected chi connectivity index (χ2v) is 7.01. The van der Waals surface area contributed by atoms with E-state index in [0.717, 1.165) is 17.0 Å². The monoisotopic (exact) mass is 498 g/mol. The van der Waals surface area contributed by atoms with Crippen LogP contribution in [0.25, 0.3) is 0 Å². The number of hydrogen-bond acceptors (Lipinski definition) is 3. The highest BCUT2D eigenvalue weighted by atomic mass is 127. The first kappa shape index (κ1) is 22.4. The fourth-order valence-electron chi connectivity index (χ4n) is 2.75. The topological polar surface area (TPSA) is 58.5 Å². The van der Waals surface area contributed by atoms with E-state index in [1.165, 1.54) is 18.9 Å². The molecule has 2 N–H and O–H groups in total. The van der Waals surface area contributed by atoms with Crippen molar-refractivity contribution in [2.45, 2.75) is 39.3 Å². The van der Waals surface area contributed by atoms with E-state index in [9.17, 15) is 4.39 Å². The van der Waals surface area contributed by atoms with Crippen molar-refractivity contribution in [3.63, 3.8) is 0 Å². The Morgan fingerprint density at radius 2 is 2.11 bits per heavy atom. The van der Waals surface area contributed by atoms with Gasteiger partial charge in [0.15, 0.2) is 17.5 Å². The Morgan fingerprint density at radius 1 is 1.32 bits per heavy atom. The number of aliphatic imine (C=N–C) groups is 1. The first-order chi connectivity index (χ1) is 13.0. The van der Waals surface area contributed by atoms with Gasteiger partial charge in [0.2, 0.25) is 0 Å². The van der Waals surface area contributed by atoms with Crippen molar-refractivity contribution >= 4 is 29.9 Å². The Labute approximate surface area is 183 Å². The minimum atomic E-state index is -0.325. The Bertz CT molecular complexity index is 811. The largest absolute Gasteiger partial charge is 0.490 e. The van der Waals surface area contributed by atoms with E-state index in [4.69, 9.17) is 4.74 Å². The minimum Gasteiger partial charge on any atom is -0.490 e. The summed E-state index contributed by atoms with van der Waals surface area (Å²) in [6, 6.07) is 10.9. The maximum absolute atomic E-state index is 14.3. The molecule has 1 fully saturated rings. The number of halogens is 2. The van der Waals surface area contributed by atoms with Crippen LogP contribution >= 0.6 is 24.0 Å². The number of nitrogens with zero attached hydrogens (tertiary/aromatic N) is 2. The highest BCUT2D eigenvalue weighted by Crippen LogP contribution is 2.30. The molecule has 1 saturated carbocycles. The molecule has 1 aromatic heterocycles. The second kappa shape index (κ2) is 10.6. The lowest BCUT2D eigenvalue weighted by Gasteiger charge is -2.19. The summed E-state index contributed by atoms with van der Waals surface area (Å²) >= 11 is 0. The number of pyridine rings is 1. The Morgan fingerprint density at radius 3 is 2.75 bits per heavy atom. The van der Waals surface area contributed by atoms with E-state index in [-0.39, 0.29) is 35.8 Å². The van der Waals surface area contributed by atoms with Crippen LogP contribution in [0, 0.1) is 18.7 Å². The number of nitrogens with one attached hydrogen (secondary N) is 2. The third-order valence-electron chi connectivity index (χ3n) is 4.59. The number of rotatable bonds is 7. The van der Waals surface area contributed by atoms with Gasteiger partial charge in [-0.15, -0.1) is 24.0 Å². The molecule has 0 aliphatic heterocycles. The minimum absolute atomic E-state index is 0. The highest BCUT2D eigenvalue weighted by molar-refractivity contribution is 14.0. The van der Waals surface area contributed by atoms with Crippen LogP contribution in [0.1, 0.15) is 42.8 Å². The molecular weight excluding hydrogens is 470 g/mol. The summed E-state index contributed by atoms with van der Waals surface area (Å²) in [6.45, 7) is 5.10. The molecule has 28 heavy (non-hydrogen) atoms. The van der Waals surface area contributed by atoms with Crippen LogP contribution in [0.4, 0.5) is 4.39 Å². The molecule has 7 heteroatoms.